The maximum Gasteiger partial charge on any atom is 0.280 e. The van der Waals surface area contributed by atoms with Crippen molar-refractivity contribution in [3.8, 4) is 0 Å². The predicted octanol–water partition coefficient (Wildman–Crippen LogP) is 0.791. The van der Waals surface area contributed by atoms with Crippen molar-refractivity contribution in [2.75, 3.05) is 13.2 Å². The third kappa shape index (κ3) is 4.13. The summed E-state index contributed by atoms with van der Waals surface area (Å²) >= 11 is 0. The van der Waals surface area contributed by atoms with Gasteiger partial charge in [0.15, 0.2) is 5.54 Å². The fraction of sp³-hybridized carbons (Fsp3) is 0.850. The van der Waals surface area contributed by atoms with E-state index in [2.05, 4.69) is 23.8 Å². The second-order valence-corrected chi connectivity index (χ2v) is 8.24. The highest BCUT2D eigenvalue weighted by Crippen LogP contribution is 2.40. The number of guanidine groups is 1. The topological polar surface area (TPSA) is 124 Å². The molecule has 0 bridgehead atoms. The number of nitrogens with two attached hydrogens (primary N) is 1. The zero-order chi connectivity index (χ0) is 21.0. The molecule has 3 rings (SSSR count). The molecule has 0 aromatic rings. The molecule has 0 aliphatic carbocycles. The molecule has 3 aliphatic heterocycles. The summed E-state index contributed by atoms with van der Waals surface area (Å²) in [6, 6.07) is 0. The van der Waals surface area contributed by atoms with Gasteiger partial charge in [0.05, 0.1) is 19.0 Å². The highest BCUT2D eigenvalue weighted by atomic mass is 16.5. The molecule has 1 saturated heterocycles. The number of ether oxygens (including phenoxy) is 1. The Morgan fingerprint density at radius 1 is 1.28 bits per heavy atom. The first kappa shape index (κ1) is 22.0. The average Bonchev–Trinajstić information content (AvgIpc) is 3.26. The van der Waals surface area contributed by atoms with Crippen LogP contribution in [0.15, 0.2) is 9.98 Å². The van der Waals surface area contributed by atoms with E-state index >= 15 is 0 Å². The number of amides is 1. The van der Waals surface area contributed by atoms with Gasteiger partial charge >= 0.3 is 0 Å². The molecular weight excluding hydrogens is 374 g/mol. The average molecular weight is 410 g/mol. The Hall–Kier alpha value is -1.71. The summed E-state index contributed by atoms with van der Waals surface area (Å²) in [5.74, 6) is -0.0891. The van der Waals surface area contributed by atoms with E-state index in [0.717, 1.165) is 38.5 Å². The number of aliphatic imine (C=N–C) groups is 2. The Morgan fingerprint density at radius 3 is 2.66 bits per heavy atom. The lowest BCUT2D eigenvalue weighted by atomic mass is 9.86. The van der Waals surface area contributed by atoms with Crippen molar-refractivity contribution in [1.82, 2.24) is 9.80 Å². The molecule has 164 valence electrons. The fourth-order valence-corrected chi connectivity index (χ4v) is 4.53. The quantitative estimate of drug-likeness (QED) is 0.456. The number of aliphatic hydroxyl groups excluding tert-OH is 2. The van der Waals surface area contributed by atoms with E-state index in [0.29, 0.717) is 19.4 Å². The van der Waals surface area contributed by atoms with Gasteiger partial charge in [-0.15, -0.1) is 0 Å². The SMILES string of the molecule is CCCCCN1C(N)=NC(=O)C2(CCCCC)N=CN([C@H]3CC(O)[C@@H](CO)O3)C12. The van der Waals surface area contributed by atoms with Crippen LogP contribution in [0.2, 0.25) is 0 Å². The van der Waals surface area contributed by atoms with Gasteiger partial charge in [-0.05, 0) is 12.8 Å². The molecule has 3 heterocycles. The molecule has 0 aromatic heterocycles. The molecule has 0 radical (unpaired) electrons. The van der Waals surface area contributed by atoms with Gasteiger partial charge in [-0.25, -0.2) is 0 Å². The van der Waals surface area contributed by atoms with Crippen LogP contribution in [-0.4, -0.2) is 81.5 Å². The van der Waals surface area contributed by atoms with Crippen LogP contribution in [0, 0.1) is 0 Å². The molecule has 1 fully saturated rings. The van der Waals surface area contributed by atoms with Crippen LogP contribution in [0.3, 0.4) is 0 Å². The second kappa shape index (κ2) is 9.40. The summed E-state index contributed by atoms with van der Waals surface area (Å²) in [5.41, 5.74) is 5.20. The molecule has 0 spiro atoms. The third-order valence-corrected chi connectivity index (χ3v) is 6.19. The molecule has 9 nitrogen and oxygen atoms in total. The van der Waals surface area contributed by atoms with Crippen molar-refractivity contribution in [3.05, 3.63) is 0 Å². The molecule has 3 unspecified atom stereocenters. The van der Waals surface area contributed by atoms with Gasteiger partial charge in [-0.3, -0.25) is 9.79 Å². The van der Waals surface area contributed by atoms with Crippen LogP contribution in [0.25, 0.3) is 0 Å². The molecule has 9 heteroatoms. The first-order chi connectivity index (χ1) is 14.0. The van der Waals surface area contributed by atoms with Crippen LogP contribution < -0.4 is 5.73 Å². The molecule has 4 N–H and O–H groups in total. The number of hydrogen-bond acceptors (Lipinski definition) is 8. The van der Waals surface area contributed by atoms with Gasteiger partial charge in [0.25, 0.3) is 5.91 Å². The van der Waals surface area contributed by atoms with Crippen LogP contribution in [-0.2, 0) is 9.53 Å². The van der Waals surface area contributed by atoms with Crippen LogP contribution >= 0.6 is 0 Å². The predicted molar refractivity (Wildman–Crippen MR) is 110 cm³/mol. The van der Waals surface area contributed by atoms with Crippen molar-refractivity contribution in [2.24, 2.45) is 15.7 Å². The Bertz CT molecular complexity index is 642. The lowest BCUT2D eigenvalue weighted by Crippen LogP contribution is -2.67. The fourth-order valence-electron chi connectivity index (χ4n) is 4.53. The summed E-state index contributed by atoms with van der Waals surface area (Å²) in [4.78, 5) is 25.8. The standard InChI is InChI=1S/C20H35N5O4/c1-3-5-7-9-20-17(28)23-19(21)24(10-8-6-4-2)18(20)25(13-22-20)16-11-14(27)15(12-26)29-16/h13-16,18,26-27H,3-12H2,1-2H3,(H2,21,23,28)/t14?,15-,16-,18?,20?/m1/s1. The van der Waals surface area contributed by atoms with E-state index in [1.807, 2.05) is 9.80 Å². The molecule has 3 aliphatic rings. The van der Waals surface area contributed by atoms with E-state index in [9.17, 15) is 15.0 Å². The van der Waals surface area contributed by atoms with Crippen LogP contribution in [0.4, 0.5) is 0 Å². The molecule has 0 saturated carbocycles. The first-order valence-corrected chi connectivity index (χ1v) is 10.9. The van der Waals surface area contributed by atoms with Gasteiger partial charge < -0.3 is 30.5 Å². The number of nitrogens with zero attached hydrogens (tertiary/aromatic N) is 4. The largest absolute Gasteiger partial charge is 0.394 e. The van der Waals surface area contributed by atoms with E-state index in [1.165, 1.54) is 0 Å². The van der Waals surface area contributed by atoms with E-state index in [1.54, 1.807) is 6.34 Å². The second-order valence-electron chi connectivity index (χ2n) is 8.24. The Morgan fingerprint density at radius 2 is 2.00 bits per heavy atom. The minimum atomic E-state index is -1.00. The maximum absolute atomic E-state index is 13.1. The summed E-state index contributed by atoms with van der Waals surface area (Å²) in [6.45, 7) is 4.69. The van der Waals surface area contributed by atoms with Crippen molar-refractivity contribution >= 4 is 18.2 Å². The zero-order valence-electron chi connectivity index (χ0n) is 17.5. The number of rotatable bonds is 10. The highest BCUT2D eigenvalue weighted by Gasteiger charge is 2.58. The maximum atomic E-state index is 13.1. The molecule has 1 amide bonds. The summed E-state index contributed by atoms with van der Waals surface area (Å²) in [5, 5.41) is 19.7. The lowest BCUT2D eigenvalue weighted by Gasteiger charge is -2.46. The van der Waals surface area contributed by atoms with Crippen LogP contribution in [0.5, 0.6) is 0 Å². The van der Waals surface area contributed by atoms with Gasteiger partial charge in [0.2, 0.25) is 5.96 Å². The Labute approximate surface area is 172 Å². The third-order valence-electron chi connectivity index (χ3n) is 6.19. The molecule has 29 heavy (non-hydrogen) atoms. The number of carbonyl (C=O) groups is 1. The Balaban J connectivity index is 1.90. The smallest absolute Gasteiger partial charge is 0.280 e. The van der Waals surface area contributed by atoms with Crippen molar-refractivity contribution in [3.63, 3.8) is 0 Å². The zero-order valence-corrected chi connectivity index (χ0v) is 17.5. The molecule has 0 aromatic carbocycles. The number of aliphatic hydroxyl groups is 2. The first-order valence-electron chi connectivity index (χ1n) is 10.9. The molecular formula is C20H35N5O4. The van der Waals surface area contributed by atoms with Gasteiger partial charge in [-0.2, -0.15) is 4.99 Å². The summed E-state index contributed by atoms with van der Waals surface area (Å²) in [7, 11) is 0. The number of hydrogen-bond donors (Lipinski definition) is 3. The normalized spacial score (nSPS) is 34.1. The lowest BCUT2D eigenvalue weighted by molar-refractivity contribution is -0.132. The number of fused-ring (bicyclic) bond motifs is 1. The van der Waals surface area contributed by atoms with E-state index in [-0.39, 0.29) is 18.5 Å². The highest BCUT2D eigenvalue weighted by molar-refractivity contribution is 6.02. The van der Waals surface area contributed by atoms with Crippen molar-refractivity contribution in [2.45, 2.75) is 95.4 Å². The minimum absolute atomic E-state index is 0.218. The Kier molecular flexibility index (Phi) is 7.13. The van der Waals surface area contributed by atoms with Gasteiger partial charge in [0.1, 0.15) is 18.5 Å². The number of carbonyl (C=O) groups excluding carboxylic acids is 1. The van der Waals surface area contributed by atoms with Gasteiger partial charge in [-0.1, -0.05) is 46.0 Å². The van der Waals surface area contributed by atoms with Crippen LogP contribution in [0.1, 0.15) is 65.2 Å². The number of unbranched alkanes of at least 4 members (excludes halogenated alkanes) is 4. The van der Waals surface area contributed by atoms with Crippen molar-refractivity contribution < 1.29 is 19.7 Å². The van der Waals surface area contributed by atoms with E-state index < -0.39 is 30.1 Å². The van der Waals surface area contributed by atoms with Gasteiger partial charge in [0, 0.05) is 13.0 Å². The minimum Gasteiger partial charge on any atom is -0.394 e. The summed E-state index contributed by atoms with van der Waals surface area (Å²) < 4.78 is 5.89. The monoisotopic (exact) mass is 409 g/mol. The van der Waals surface area contributed by atoms with E-state index in [4.69, 9.17) is 10.5 Å². The molecule has 5 atom stereocenters. The van der Waals surface area contributed by atoms with Crippen molar-refractivity contribution in [1.29, 1.82) is 0 Å². The summed E-state index contributed by atoms with van der Waals surface area (Å²) in [6.07, 6.45) is 6.30.